The van der Waals surface area contributed by atoms with Crippen LogP contribution in [0, 0.1) is 11.3 Å². The molecule has 2 rings (SSSR count). The van der Waals surface area contributed by atoms with Gasteiger partial charge in [0.25, 0.3) is 0 Å². The molecule has 18 heavy (non-hydrogen) atoms. The van der Waals surface area contributed by atoms with Gasteiger partial charge in [-0.25, -0.2) is 8.42 Å². The summed E-state index contributed by atoms with van der Waals surface area (Å²) in [5, 5.41) is 12.2. The maximum atomic E-state index is 11.5. The van der Waals surface area contributed by atoms with Gasteiger partial charge in [-0.1, -0.05) is 15.9 Å². The van der Waals surface area contributed by atoms with Gasteiger partial charge >= 0.3 is 0 Å². The number of hydrogen-bond acceptors (Lipinski definition) is 4. The first-order valence-corrected chi connectivity index (χ1v) is 8.28. The molecule has 1 heterocycles. The van der Waals surface area contributed by atoms with Gasteiger partial charge in [0.2, 0.25) is 0 Å². The highest BCUT2D eigenvalue weighted by atomic mass is 79.9. The van der Waals surface area contributed by atoms with Crippen LogP contribution in [0.5, 0.6) is 0 Å². The van der Waals surface area contributed by atoms with Crippen LogP contribution in [0.3, 0.4) is 0 Å². The van der Waals surface area contributed by atoms with E-state index in [1.165, 1.54) is 0 Å². The zero-order chi connectivity index (χ0) is 13.2. The van der Waals surface area contributed by atoms with Crippen LogP contribution in [-0.2, 0) is 9.84 Å². The summed E-state index contributed by atoms with van der Waals surface area (Å²) in [5.41, 5.74) is 1.22. The van der Waals surface area contributed by atoms with Gasteiger partial charge in [-0.2, -0.15) is 5.26 Å². The molecule has 0 saturated carbocycles. The lowest BCUT2D eigenvalue weighted by Gasteiger charge is -2.24. The Bertz CT molecular complexity index is 593. The van der Waals surface area contributed by atoms with E-state index < -0.39 is 9.84 Å². The second-order valence-electron chi connectivity index (χ2n) is 4.40. The van der Waals surface area contributed by atoms with Crippen LogP contribution in [0.2, 0.25) is 0 Å². The second-order valence-corrected chi connectivity index (χ2v) is 7.54. The van der Waals surface area contributed by atoms with E-state index in [9.17, 15) is 8.42 Å². The highest BCUT2D eigenvalue weighted by molar-refractivity contribution is 9.10. The van der Waals surface area contributed by atoms with Gasteiger partial charge in [-0.3, -0.25) is 0 Å². The summed E-state index contributed by atoms with van der Waals surface area (Å²) >= 11 is 3.31. The number of hydrogen-bond donors (Lipinski definition) is 1. The minimum absolute atomic E-state index is 0.1000. The number of sulfone groups is 1. The van der Waals surface area contributed by atoms with Crippen molar-refractivity contribution in [1.82, 2.24) is 0 Å². The number of anilines is 1. The molecule has 0 radical (unpaired) electrons. The van der Waals surface area contributed by atoms with Crippen molar-refractivity contribution in [3.05, 3.63) is 28.2 Å². The Morgan fingerprint density at radius 3 is 2.89 bits per heavy atom. The Morgan fingerprint density at radius 1 is 1.44 bits per heavy atom. The number of nitrogens with zero attached hydrogens (tertiary/aromatic N) is 1. The van der Waals surface area contributed by atoms with Gasteiger partial charge < -0.3 is 5.32 Å². The smallest absolute Gasteiger partial charge is 0.152 e. The van der Waals surface area contributed by atoms with E-state index in [-0.39, 0.29) is 17.5 Å². The summed E-state index contributed by atoms with van der Waals surface area (Å²) in [6.45, 7) is 0. The van der Waals surface area contributed by atoms with Crippen LogP contribution in [0.25, 0.3) is 0 Å². The van der Waals surface area contributed by atoms with Crippen LogP contribution < -0.4 is 5.32 Å². The molecule has 6 heteroatoms. The van der Waals surface area contributed by atoms with E-state index in [0.717, 1.165) is 10.9 Å². The number of rotatable bonds is 2. The first-order valence-electron chi connectivity index (χ1n) is 5.67. The topological polar surface area (TPSA) is 70.0 Å². The third kappa shape index (κ3) is 3.24. The van der Waals surface area contributed by atoms with Gasteiger partial charge in [-0.05, 0) is 31.0 Å². The average Bonchev–Trinajstić information content (AvgIpc) is 2.30. The van der Waals surface area contributed by atoms with Crippen LogP contribution in [-0.4, -0.2) is 26.0 Å². The molecule has 0 bridgehead atoms. The van der Waals surface area contributed by atoms with Crippen molar-refractivity contribution in [2.45, 2.75) is 18.9 Å². The molecule has 1 fully saturated rings. The fourth-order valence-corrected chi connectivity index (χ4v) is 4.09. The lowest BCUT2D eigenvalue weighted by molar-refractivity contribution is 0.562. The van der Waals surface area contributed by atoms with Gasteiger partial charge in [0, 0.05) is 10.5 Å². The number of nitrogens with one attached hydrogen (secondary N) is 1. The largest absolute Gasteiger partial charge is 0.380 e. The van der Waals surface area contributed by atoms with Gasteiger partial charge in [0.1, 0.15) is 6.07 Å². The first kappa shape index (κ1) is 13.4. The quantitative estimate of drug-likeness (QED) is 0.904. The summed E-state index contributed by atoms with van der Waals surface area (Å²) in [7, 11) is -2.93. The van der Waals surface area contributed by atoms with Crippen LogP contribution >= 0.6 is 15.9 Å². The van der Waals surface area contributed by atoms with Crippen molar-refractivity contribution in [3.8, 4) is 6.07 Å². The first-order chi connectivity index (χ1) is 8.50. The van der Waals surface area contributed by atoms with E-state index in [2.05, 4.69) is 27.3 Å². The second kappa shape index (κ2) is 5.29. The standard InChI is InChI=1S/C12H13BrN2O2S/c13-10-3-4-12(9(6-10)7-14)15-11-2-1-5-18(16,17)8-11/h3-4,6,11,15H,1-2,5,8H2. The molecule has 0 amide bonds. The molecular weight excluding hydrogens is 316 g/mol. The molecule has 1 aromatic carbocycles. The number of halogens is 1. The van der Waals surface area contributed by atoms with E-state index in [1.54, 1.807) is 12.1 Å². The summed E-state index contributed by atoms with van der Waals surface area (Å²) in [5.74, 6) is 0.421. The molecule has 1 aliphatic rings. The molecule has 1 unspecified atom stereocenters. The van der Waals surface area contributed by atoms with E-state index in [0.29, 0.717) is 17.7 Å². The predicted molar refractivity (Wildman–Crippen MR) is 74.2 cm³/mol. The fourth-order valence-electron chi connectivity index (χ4n) is 2.09. The fraction of sp³-hybridized carbons (Fsp3) is 0.417. The normalized spacial score (nSPS) is 22.1. The molecule has 1 atom stereocenters. The van der Waals surface area contributed by atoms with Crippen molar-refractivity contribution >= 4 is 31.5 Å². The Labute approximate surface area is 115 Å². The molecule has 1 aromatic rings. The molecule has 0 aliphatic carbocycles. The van der Waals surface area contributed by atoms with Crippen LogP contribution in [0.4, 0.5) is 5.69 Å². The molecule has 0 spiro atoms. The minimum Gasteiger partial charge on any atom is -0.380 e. The van der Waals surface area contributed by atoms with Crippen LogP contribution in [0.15, 0.2) is 22.7 Å². The van der Waals surface area contributed by atoms with E-state index in [4.69, 9.17) is 5.26 Å². The Hall–Kier alpha value is -1.06. The Balaban J connectivity index is 2.17. The Kier molecular flexibility index (Phi) is 3.93. The van der Waals surface area contributed by atoms with E-state index >= 15 is 0 Å². The molecule has 96 valence electrons. The minimum atomic E-state index is -2.93. The number of benzene rings is 1. The highest BCUT2D eigenvalue weighted by Crippen LogP contribution is 2.23. The van der Waals surface area contributed by atoms with E-state index in [1.807, 2.05) is 6.07 Å². The monoisotopic (exact) mass is 328 g/mol. The average molecular weight is 329 g/mol. The lowest BCUT2D eigenvalue weighted by atomic mass is 10.1. The van der Waals surface area contributed by atoms with Gasteiger partial charge in [0.05, 0.1) is 22.8 Å². The van der Waals surface area contributed by atoms with Crippen molar-refractivity contribution < 1.29 is 8.42 Å². The molecule has 1 N–H and O–H groups in total. The molecule has 4 nitrogen and oxygen atoms in total. The van der Waals surface area contributed by atoms with Crippen molar-refractivity contribution in [3.63, 3.8) is 0 Å². The Morgan fingerprint density at radius 2 is 2.22 bits per heavy atom. The van der Waals surface area contributed by atoms with Crippen molar-refractivity contribution in [2.75, 3.05) is 16.8 Å². The summed E-state index contributed by atoms with van der Waals surface area (Å²) in [6, 6.07) is 7.36. The highest BCUT2D eigenvalue weighted by Gasteiger charge is 2.24. The molecule has 0 aromatic heterocycles. The van der Waals surface area contributed by atoms with Gasteiger partial charge in [-0.15, -0.1) is 0 Å². The van der Waals surface area contributed by atoms with Crippen molar-refractivity contribution in [1.29, 1.82) is 5.26 Å². The zero-order valence-corrected chi connectivity index (χ0v) is 12.1. The third-order valence-electron chi connectivity index (χ3n) is 2.92. The third-order valence-corrected chi connectivity index (χ3v) is 5.24. The zero-order valence-electron chi connectivity index (χ0n) is 9.69. The van der Waals surface area contributed by atoms with Gasteiger partial charge in [0.15, 0.2) is 9.84 Å². The maximum absolute atomic E-state index is 11.5. The molecule has 1 aliphatic heterocycles. The summed E-state index contributed by atoms with van der Waals surface area (Å²) in [6.07, 6.45) is 1.50. The summed E-state index contributed by atoms with van der Waals surface area (Å²) in [4.78, 5) is 0. The molecular formula is C12H13BrN2O2S. The SMILES string of the molecule is N#Cc1cc(Br)ccc1NC1CCCS(=O)(=O)C1. The van der Waals surface area contributed by atoms with Crippen LogP contribution in [0.1, 0.15) is 18.4 Å². The molecule has 1 saturated heterocycles. The van der Waals surface area contributed by atoms with Crippen molar-refractivity contribution in [2.24, 2.45) is 0 Å². The maximum Gasteiger partial charge on any atom is 0.152 e. The number of nitriles is 1. The lowest BCUT2D eigenvalue weighted by Crippen LogP contribution is -2.35. The predicted octanol–water partition coefficient (Wildman–Crippen LogP) is 2.31. The summed E-state index contributed by atoms with van der Waals surface area (Å²) < 4.78 is 23.9.